The molecule has 0 radical (unpaired) electrons. The Hall–Kier alpha value is -3.65. The van der Waals surface area contributed by atoms with Crippen molar-refractivity contribution in [2.24, 2.45) is 7.05 Å². The summed E-state index contributed by atoms with van der Waals surface area (Å²) >= 11 is 0. The fourth-order valence-corrected chi connectivity index (χ4v) is 3.70. The Kier molecular flexibility index (Phi) is 5.02. The molecule has 0 spiro atoms. The van der Waals surface area contributed by atoms with Gasteiger partial charge in [0.1, 0.15) is 5.82 Å². The van der Waals surface area contributed by atoms with Gasteiger partial charge in [-0.15, -0.1) is 0 Å². The highest BCUT2D eigenvalue weighted by molar-refractivity contribution is 5.89. The largest absolute Gasteiger partial charge is 0.425 e. The summed E-state index contributed by atoms with van der Waals surface area (Å²) in [6.07, 6.45) is -1.19. The zero-order valence-electron chi connectivity index (χ0n) is 16.5. The summed E-state index contributed by atoms with van der Waals surface area (Å²) in [5, 5.41) is 22.1. The minimum absolute atomic E-state index is 0.186. The van der Waals surface area contributed by atoms with Gasteiger partial charge in [-0.3, -0.25) is 0 Å². The van der Waals surface area contributed by atoms with Gasteiger partial charge in [-0.05, 0) is 35.9 Å². The lowest BCUT2D eigenvalue weighted by Gasteiger charge is -2.31. The number of benzene rings is 2. The minimum atomic E-state index is -4.99. The standard InChI is InChI=1S/C23H19F3N4O/c1-30-14-18(17-6-2-3-7-20(17)30)22(31,23(24,25)26)16-9-10-19(15(12-16)13-27)29-21-8-4-5-11-28-21/h2-14,27,31H,1H3,(H,28,29). The molecule has 0 fully saturated rings. The normalized spacial score (nSPS) is 13.7. The summed E-state index contributed by atoms with van der Waals surface area (Å²) in [6.45, 7) is 0. The van der Waals surface area contributed by atoms with E-state index in [2.05, 4.69) is 10.3 Å². The number of aliphatic hydroxyl groups is 1. The molecule has 1 unspecified atom stereocenters. The van der Waals surface area contributed by atoms with Crippen molar-refractivity contribution in [3.05, 3.63) is 89.7 Å². The van der Waals surface area contributed by atoms with E-state index in [1.54, 1.807) is 60.3 Å². The van der Waals surface area contributed by atoms with E-state index in [4.69, 9.17) is 5.41 Å². The Bertz CT molecular complexity index is 1250. The third-order valence-electron chi connectivity index (χ3n) is 5.25. The molecule has 4 aromatic rings. The van der Waals surface area contributed by atoms with Crippen molar-refractivity contribution < 1.29 is 18.3 Å². The average molecular weight is 424 g/mol. The molecule has 0 saturated carbocycles. The molecule has 0 bridgehead atoms. The van der Waals surface area contributed by atoms with Crippen molar-refractivity contribution in [2.75, 3.05) is 5.32 Å². The highest BCUT2D eigenvalue weighted by Gasteiger charge is 2.57. The van der Waals surface area contributed by atoms with Crippen LogP contribution in [-0.4, -0.2) is 27.0 Å². The van der Waals surface area contributed by atoms with Crippen LogP contribution in [0.1, 0.15) is 16.7 Å². The second-order valence-corrected chi connectivity index (χ2v) is 7.17. The van der Waals surface area contributed by atoms with E-state index >= 15 is 0 Å². The maximum absolute atomic E-state index is 14.4. The van der Waals surface area contributed by atoms with Crippen LogP contribution in [0.4, 0.5) is 24.7 Å². The van der Waals surface area contributed by atoms with Crippen LogP contribution in [0.25, 0.3) is 10.9 Å². The Labute approximate surface area is 176 Å². The van der Waals surface area contributed by atoms with E-state index in [9.17, 15) is 18.3 Å². The molecule has 0 amide bonds. The molecule has 4 rings (SSSR count). The number of hydrogen-bond acceptors (Lipinski definition) is 4. The second kappa shape index (κ2) is 7.55. The molecule has 2 aromatic heterocycles. The van der Waals surface area contributed by atoms with Gasteiger partial charge in [-0.2, -0.15) is 13.2 Å². The Morgan fingerprint density at radius 2 is 1.81 bits per heavy atom. The number of aromatic nitrogens is 2. The number of fused-ring (bicyclic) bond motifs is 1. The SMILES string of the molecule is Cn1cc(C(O)(c2ccc(Nc3ccccn3)c(C=N)c2)C(F)(F)F)c2ccccc21. The van der Waals surface area contributed by atoms with Crippen LogP contribution in [0.3, 0.4) is 0 Å². The molecule has 2 aromatic carbocycles. The van der Waals surface area contributed by atoms with Crippen LogP contribution in [0.5, 0.6) is 0 Å². The molecule has 5 nitrogen and oxygen atoms in total. The molecule has 0 aliphatic rings. The zero-order valence-corrected chi connectivity index (χ0v) is 16.5. The Morgan fingerprint density at radius 3 is 2.48 bits per heavy atom. The quantitative estimate of drug-likeness (QED) is 0.390. The van der Waals surface area contributed by atoms with Crippen LogP contribution in [0.15, 0.2) is 73.1 Å². The number of pyridine rings is 1. The van der Waals surface area contributed by atoms with Gasteiger partial charge < -0.3 is 20.4 Å². The molecule has 31 heavy (non-hydrogen) atoms. The van der Waals surface area contributed by atoms with Gasteiger partial charge in [0.15, 0.2) is 0 Å². The predicted octanol–water partition coefficient (Wildman–Crippen LogP) is 5.11. The van der Waals surface area contributed by atoms with Gasteiger partial charge in [-0.1, -0.05) is 30.3 Å². The summed E-state index contributed by atoms with van der Waals surface area (Å²) in [7, 11) is 1.63. The van der Waals surface area contributed by atoms with Crippen molar-refractivity contribution in [1.82, 2.24) is 9.55 Å². The van der Waals surface area contributed by atoms with Gasteiger partial charge in [-0.25, -0.2) is 4.98 Å². The lowest BCUT2D eigenvalue weighted by molar-refractivity contribution is -0.247. The van der Waals surface area contributed by atoms with Crippen LogP contribution < -0.4 is 5.32 Å². The first-order valence-corrected chi connectivity index (χ1v) is 9.42. The molecule has 0 saturated heterocycles. The van der Waals surface area contributed by atoms with Gasteiger partial charge in [0.2, 0.25) is 5.60 Å². The van der Waals surface area contributed by atoms with E-state index in [0.29, 0.717) is 22.4 Å². The van der Waals surface area contributed by atoms with Crippen molar-refractivity contribution in [3.63, 3.8) is 0 Å². The summed E-state index contributed by atoms with van der Waals surface area (Å²) in [5.41, 5.74) is -2.73. The summed E-state index contributed by atoms with van der Waals surface area (Å²) < 4.78 is 44.6. The number of hydrogen-bond donors (Lipinski definition) is 3. The number of aryl methyl sites for hydroxylation is 1. The van der Waals surface area contributed by atoms with E-state index < -0.39 is 11.8 Å². The van der Waals surface area contributed by atoms with E-state index in [0.717, 1.165) is 6.21 Å². The van der Waals surface area contributed by atoms with Gasteiger partial charge in [0.25, 0.3) is 0 Å². The van der Waals surface area contributed by atoms with E-state index in [-0.39, 0.29) is 16.7 Å². The Balaban J connectivity index is 1.88. The maximum Gasteiger partial charge on any atom is 0.425 e. The lowest BCUT2D eigenvalue weighted by atomic mass is 9.84. The number of para-hydroxylation sites is 1. The highest BCUT2D eigenvalue weighted by atomic mass is 19.4. The van der Waals surface area contributed by atoms with Crippen LogP contribution in [0, 0.1) is 5.41 Å². The van der Waals surface area contributed by atoms with Crippen LogP contribution in [0.2, 0.25) is 0 Å². The highest BCUT2D eigenvalue weighted by Crippen LogP contribution is 2.47. The molecule has 8 heteroatoms. The molecule has 2 heterocycles. The van der Waals surface area contributed by atoms with E-state index in [1.807, 2.05) is 0 Å². The number of rotatable bonds is 5. The second-order valence-electron chi connectivity index (χ2n) is 7.17. The fraction of sp³-hybridized carbons (Fsp3) is 0.130. The molecule has 3 N–H and O–H groups in total. The van der Waals surface area contributed by atoms with Crippen LogP contribution in [-0.2, 0) is 12.6 Å². The average Bonchev–Trinajstić information content (AvgIpc) is 3.10. The zero-order chi connectivity index (χ0) is 22.2. The number of alkyl halides is 3. The van der Waals surface area contributed by atoms with Crippen LogP contribution >= 0.6 is 0 Å². The van der Waals surface area contributed by atoms with Crippen molar-refractivity contribution >= 4 is 28.6 Å². The molecule has 0 aliphatic carbocycles. The fourth-order valence-electron chi connectivity index (χ4n) is 3.70. The lowest BCUT2D eigenvalue weighted by Crippen LogP contribution is -2.43. The number of nitrogens with zero attached hydrogens (tertiary/aromatic N) is 2. The van der Waals surface area contributed by atoms with Gasteiger partial charge in [0, 0.05) is 53.4 Å². The summed E-state index contributed by atoms with van der Waals surface area (Å²) in [4.78, 5) is 4.13. The molecule has 1 atom stereocenters. The molecule has 0 aliphatic heterocycles. The molecule has 158 valence electrons. The maximum atomic E-state index is 14.4. The molecular weight excluding hydrogens is 405 g/mol. The summed E-state index contributed by atoms with van der Waals surface area (Å²) in [6, 6.07) is 15.6. The van der Waals surface area contributed by atoms with Crippen molar-refractivity contribution in [3.8, 4) is 0 Å². The molecular formula is C23H19F3N4O. The van der Waals surface area contributed by atoms with Crippen molar-refractivity contribution in [1.29, 1.82) is 5.41 Å². The van der Waals surface area contributed by atoms with Crippen molar-refractivity contribution in [2.45, 2.75) is 11.8 Å². The van der Waals surface area contributed by atoms with Gasteiger partial charge in [0.05, 0.1) is 0 Å². The monoisotopic (exact) mass is 424 g/mol. The van der Waals surface area contributed by atoms with E-state index in [1.165, 1.54) is 24.4 Å². The first kappa shape index (κ1) is 20.6. The number of halogens is 3. The first-order chi connectivity index (χ1) is 14.8. The predicted molar refractivity (Wildman–Crippen MR) is 114 cm³/mol. The number of anilines is 2. The first-order valence-electron chi connectivity index (χ1n) is 9.42. The number of nitrogens with one attached hydrogen (secondary N) is 2. The third kappa shape index (κ3) is 3.44. The Morgan fingerprint density at radius 1 is 1.06 bits per heavy atom. The third-order valence-corrected chi connectivity index (χ3v) is 5.25. The smallest absolute Gasteiger partial charge is 0.372 e. The van der Waals surface area contributed by atoms with Gasteiger partial charge >= 0.3 is 6.18 Å². The minimum Gasteiger partial charge on any atom is -0.372 e. The topological polar surface area (TPSA) is 73.9 Å². The summed E-state index contributed by atoms with van der Waals surface area (Å²) in [5.74, 6) is 0.485.